The van der Waals surface area contributed by atoms with Gasteiger partial charge >= 0.3 is 0 Å². The molecule has 1 aromatic heterocycles. The van der Waals surface area contributed by atoms with Gasteiger partial charge in [-0.05, 0) is 52.5 Å². The standard InChI is InChI=1S/C13H13BrFNO3S2/c1-8(10-7-9(15)3-4-12(10)19-2)16-21(17,18)13-11(14)5-6-20-13/h3-8,16H,1-2H3. The van der Waals surface area contributed by atoms with Gasteiger partial charge in [0.15, 0.2) is 0 Å². The maximum absolute atomic E-state index is 13.4. The van der Waals surface area contributed by atoms with Crippen molar-refractivity contribution >= 4 is 37.3 Å². The predicted molar refractivity (Wildman–Crippen MR) is 83.7 cm³/mol. The highest BCUT2D eigenvalue weighted by atomic mass is 79.9. The first-order chi connectivity index (χ1) is 9.85. The summed E-state index contributed by atoms with van der Waals surface area (Å²) >= 11 is 4.30. The molecule has 0 spiro atoms. The van der Waals surface area contributed by atoms with Crippen molar-refractivity contribution in [1.82, 2.24) is 4.72 Å². The Bertz CT molecular complexity index is 746. The molecule has 0 radical (unpaired) electrons. The van der Waals surface area contributed by atoms with E-state index in [1.165, 1.54) is 25.3 Å². The number of methoxy groups -OCH3 is 1. The molecule has 1 atom stereocenters. The first-order valence-corrected chi connectivity index (χ1v) is 9.09. The normalized spacial score (nSPS) is 13.1. The van der Waals surface area contributed by atoms with Crippen molar-refractivity contribution in [2.24, 2.45) is 0 Å². The van der Waals surface area contributed by atoms with Gasteiger partial charge in [0.1, 0.15) is 15.8 Å². The summed E-state index contributed by atoms with van der Waals surface area (Å²) in [5.74, 6) is -0.0222. The van der Waals surface area contributed by atoms with Crippen LogP contribution in [0.25, 0.3) is 0 Å². The fourth-order valence-corrected chi connectivity index (χ4v) is 5.44. The number of hydrogen-bond acceptors (Lipinski definition) is 4. The van der Waals surface area contributed by atoms with E-state index in [9.17, 15) is 12.8 Å². The zero-order valence-electron chi connectivity index (χ0n) is 11.3. The molecule has 0 saturated heterocycles. The molecule has 8 heteroatoms. The van der Waals surface area contributed by atoms with Crippen molar-refractivity contribution in [3.63, 3.8) is 0 Å². The number of hydrogen-bond donors (Lipinski definition) is 1. The van der Waals surface area contributed by atoms with Crippen molar-refractivity contribution < 1.29 is 17.5 Å². The number of ether oxygens (including phenoxy) is 1. The fraction of sp³-hybridized carbons (Fsp3) is 0.231. The van der Waals surface area contributed by atoms with Crippen LogP contribution in [0.4, 0.5) is 4.39 Å². The molecule has 114 valence electrons. The predicted octanol–water partition coefficient (Wildman–Crippen LogP) is 3.70. The van der Waals surface area contributed by atoms with E-state index in [1.807, 2.05) is 0 Å². The van der Waals surface area contributed by atoms with Gasteiger partial charge in [-0.1, -0.05) is 0 Å². The molecule has 0 aliphatic heterocycles. The molecular formula is C13H13BrFNO3S2. The van der Waals surface area contributed by atoms with E-state index in [1.54, 1.807) is 18.4 Å². The minimum absolute atomic E-state index is 0.185. The summed E-state index contributed by atoms with van der Waals surface area (Å²) in [6.45, 7) is 1.64. The highest BCUT2D eigenvalue weighted by Crippen LogP contribution is 2.31. The van der Waals surface area contributed by atoms with Crippen LogP contribution in [-0.4, -0.2) is 15.5 Å². The van der Waals surface area contributed by atoms with Crippen molar-refractivity contribution in [2.45, 2.75) is 17.2 Å². The lowest BCUT2D eigenvalue weighted by Gasteiger charge is -2.17. The van der Waals surface area contributed by atoms with Gasteiger partial charge in [0, 0.05) is 16.1 Å². The average Bonchev–Trinajstić information content (AvgIpc) is 2.85. The van der Waals surface area contributed by atoms with E-state index in [2.05, 4.69) is 20.7 Å². The van der Waals surface area contributed by atoms with Crippen LogP contribution >= 0.6 is 27.3 Å². The molecule has 2 aromatic rings. The van der Waals surface area contributed by atoms with Crippen molar-refractivity contribution in [2.75, 3.05) is 7.11 Å². The summed E-state index contributed by atoms with van der Waals surface area (Å²) in [6, 6.07) is 5.02. The van der Waals surface area contributed by atoms with E-state index in [-0.39, 0.29) is 4.21 Å². The van der Waals surface area contributed by atoms with Gasteiger partial charge in [-0.2, -0.15) is 0 Å². The Labute approximate surface area is 135 Å². The molecule has 21 heavy (non-hydrogen) atoms. The Balaban J connectivity index is 2.32. The minimum atomic E-state index is -3.69. The Kier molecular flexibility index (Phi) is 5.03. The zero-order valence-corrected chi connectivity index (χ0v) is 14.5. The first kappa shape index (κ1) is 16.4. The van der Waals surface area contributed by atoms with Crippen molar-refractivity contribution in [3.05, 3.63) is 45.5 Å². The number of benzene rings is 1. The second-order valence-corrected chi connectivity index (χ2v) is 7.96. The van der Waals surface area contributed by atoms with Crippen molar-refractivity contribution in [3.8, 4) is 5.75 Å². The lowest BCUT2D eigenvalue weighted by Crippen LogP contribution is -2.26. The van der Waals surface area contributed by atoms with E-state index in [0.29, 0.717) is 15.8 Å². The van der Waals surface area contributed by atoms with Crippen LogP contribution in [0.3, 0.4) is 0 Å². The van der Waals surface area contributed by atoms with Crippen LogP contribution in [0.15, 0.2) is 38.3 Å². The highest BCUT2D eigenvalue weighted by Gasteiger charge is 2.24. The van der Waals surface area contributed by atoms with Gasteiger partial charge < -0.3 is 4.74 Å². The van der Waals surface area contributed by atoms with E-state index >= 15 is 0 Å². The molecule has 1 aromatic carbocycles. The van der Waals surface area contributed by atoms with Gasteiger partial charge in [-0.25, -0.2) is 17.5 Å². The number of thiophene rings is 1. The van der Waals surface area contributed by atoms with E-state index in [0.717, 1.165) is 11.3 Å². The lowest BCUT2D eigenvalue weighted by molar-refractivity contribution is 0.403. The number of rotatable bonds is 5. The number of sulfonamides is 1. The molecule has 0 amide bonds. The molecule has 0 saturated carbocycles. The summed E-state index contributed by atoms with van der Waals surface area (Å²) in [5.41, 5.74) is 0.439. The molecule has 0 fully saturated rings. The lowest BCUT2D eigenvalue weighted by atomic mass is 10.1. The molecule has 2 rings (SSSR count). The molecule has 0 aliphatic rings. The zero-order chi connectivity index (χ0) is 15.6. The Morgan fingerprint density at radius 1 is 1.38 bits per heavy atom. The summed E-state index contributed by atoms with van der Waals surface area (Å²) < 4.78 is 46.4. The molecule has 1 unspecified atom stereocenters. The Morgan fingerprint density at radius 3 is 2.67 bits per heavy atom. The fourth-order valence-electron chi connectivity index (χ4n) is 1.86. The molecule has 0 aliphatic carbocycles. The Hall–Kier alpha value is -0.960. The smallest absolute Gasteiger partial charge is 0.251 e. The SMILES string of the molecule is COc1ccc(F)cc1C(C)NS(=O)(=O)c1sccc1Br. The highest BCUT2D eigenvalue weighted by molar-refractivity contribution is 9.10. The summed E-state index contributed by atoms with van der Waals surface area (Å²) in [4.78, 5) is 0. The molecule has 1 heterocycles. The summed E-state index contributed by atoms with van der Waals surface area (Å²) in [6.07, 6.45) is 0. The second kappa shape index (κ2) is 6.43. The third kappa shape index (κ3) is 3.63. The van der Waals surface area contributed by atoms with Crippen LogP contribution in [0.5, 0.6) is 5.75 Å². The van der Waals surface area contributed by atoms with Crippen LogP contribution < -0.4 is 9.46 Å². The molecule has 0 bridgehead atoms. The average molecular weight is 394 g/mol. The van der Waals surface area contributed by atoms with Gasteiger partial charge in [-0.3, -0.25) is 0 Å². The minimum Gasteiger partial charge on any atom is -0.496 e. The number of nitrogens with one attached hydrogen (secondary N) is 1. The first-order valence-electron chi connectivity index (χ1n) is 5.94. The van der Waals surface area contributed by atoms with Gasteiger partial charge in [0.2, 0.25) is 0 Å². The third-order valence-electron chi connectivity index (χ3n) is 2.82. The molecule has 1 N–H and O–H groups in total. The number of halogens is 2. The molecular weight excluding hydrogens is 381 g/mol. The van der Waals surface area contributed by atoms with Crippen LogP contribution in [0, 0.1) is 5.82 Å². The third-order valence-corrected chi connectivity index (χ3v) is 7.03. The van der Waals surface area contributed by atoms with Gasteiger partial charge in [0.05, 0.1) is 7.11 Å². The Morgan fingerprint density at radius 2 is 2.10 bits per heavy atom. The maximum Gasteiger partial charge on any atom is 0.251 e. The van der Waals surface area contributed by atoms with Crippen LogP contribution in [0.2, 0.25) is 0 Å². The topological polar surface area (TPSA) is 55.4 Å². The second-order valence-electron chi connectivity index (χ2n) is 4.29. The van der Waals surface area contributed by atoms with E-state index in [4.69, 9.17) is 4.74 Å². The monoisotopic (exact) mass is 393 g/mol. The largest absolute Gasteiger partial charge is 0.496 e. The van der Waals surface area contributed by atoms with E-state index < -0.39 is 21.9 Å². The van der Waals surface area contributed by atoms with Crippen LogP contribution in [0.1, 0.15) is 18.5 Å². The van der Waals surface area contributed by atoms with Crippen LogP contribution in [-0.2, 0) is 10.0 Å². The molecule has 4 nitrogen and oxygen atoms in total. The summed E-state index contributed by atoms with van der Waals surface area (Å²) in [7, 11) is -2.24. The summed E-state index contributed by atoms with van der Waals surface area (Å²) in [5, 5.41) is 1.67. The van der Waals surface area contributed by atoms with Gasteiger partial charge in [-0.15, -0.1) is 11.3 Å². The van der Waals surface area contributed by atoms with Crippen molar-refractivity contribution in [1.29, 1.82) is 0 Å². The van der Waals surface area contributed by atoms with Gasteiger partial charge in [0.25, 0.3) is 10.0 Å². The maximum atomic E-state index is 13.4. The quantitative estimate of drug-likeness (QED) is 0.842.